The van der Waals surface area contributed by atoms with Gasteiger partial charge in [-0.05, 0) is 32.2 Å². The van der Waals surface area contributed by atoms with Crippen LogP contribution >= 0.6 is 24.0 Å². The fraction of sp³-hybridized carbons (Fsp3) is 0.900. The molecule has 0 amide bonds. The number of rotatable bonds is 5. The molecule has 16 heavy (non-hydrogen) atoms. The molecule has 1 heterocycles. The summed E-state index contributed by atoms with van der Waals surface area (Å²) in [6.45, 7) is 2.09. The maximum absolute atomic E-state index is 9.36. The highest BCUT2D eigenvalue weighted by molar-refractivity contribution is 8.01. The molecule has 0 aromatic heterocycles. The van der Waals surface area contributed by atoms with Gasteiger partial charge in [-0.3, -0.25) is 0 Å². The molecule has 0 bridgehead atoms. The summed E-state index contributed by atoms with van der Waals surface area (Å²) in [5.74, 6) is 0. The number of hydrogen-bond acceptors (Lipinski definition) is 5. The summed E-state index contributed by atoms with van der Waals surface area (Å²) in [7, 11) is 0. The monoisotopic (exact) mass is 264 g/mol. The van der Waals surface area contributed by atoms with Gasteiger partial charge in [0.15, 0.2) is 0 Å². The molecule has 1 unspecified atom stereocenters. The molecule has 0 aromatic carbocycles. The van der Waals surface area contributed by atoms with Crippen molar-refractivity contribution in [3.63, 3.8) is 0 Å². The van der Waals surface area contributed by atoms with Crippen molar-refractivity contribution in [3.8, 4) is 0 Å². The van der Waals surface area contributed by atoms with Crippen LogP contribution in [0.1, 0.15) is 12.8 Å². The summed E-state index contributed by atoms with van der Waals surface area (Å²) < 4.78 is -0.0734. The number of thiocarbonyl (C=S) groups is 1. The molecule has 4 nitrogen and oxygen atoms in total. The SMILES string of the molecule is CSC1(C(N)=S)CCN(CC(O)CO)CC1. The summed E-state index contributed by atoms with van der Waals surface area (Å²) in [6.07, 6.45) is 3.23. The third-order valence-corrected chi connectivity index (χ3v) is 5.11. The lowest BCUT2D eigenvalue weighted by molar-refractivity contribution is 0.0523. The predicted octanol–water partition coefficient (Wildman–Crippen LogP) is -0.177. The van der Waals surface area contributed by atoms with Crippen molar-refractivity contribution in [3.05, 3.63) is 0 Å². The lowest BCUT2D eigenvalue weighted by atomic mass is 9.95. The topological polar surface area (TPSA) is 69.7 Å². The Morgan fingerprint density at radius 1 is 1.56 bits per heavy atom. The summed E-state index contributed by atoms with van der Waals surface area (Å²) in [5.41, 5.74) is 5.79. The fourth-order valence-electron chi connectivity index (χ4n) is 2.00. The molecule has 1 atom stereocenters. The van der Waals surface area contributed by atoms with E-state index in [0.717, 1.165) is 25.9 Å². The van der Waals surface area contributed by atoms with Crippen molar-refractivity contribution in [1.29, 1.82) is 0 Å². The second-order valence-electron chi connectivity index (χ2n) is 4.20. The van der Waals surface area contributed by atoms with Gasteiger partial charge in [-0.25, -0.2) is 0 Å². The number of piperidine rings is 1. The van der Waals surface area contributed by atoms with Gasteiger partial charge in [0, 0.05) is 6.54 Å². The van der Waals surface area contributed by atoms with Crippen molar-refractivity contribution in [2.24, 2.45) is 5.73 Å². The average Bonchev–Trinajstić information content (AvgIpc) is 2.29. The lowest BCUT2D eigenvalue weighted by Crippen LogP contribution is -2.50. The van der Waals surface area contributed by atoms with E-state index in [2.05, 4.69) is 4.90 Å². The first-order chi connectivity index (χ1) is 7.54. The standard InChI is InChI=1S/C10H20N2O2S2/c1-16-10(9(11)15)2-4-12(5-3-10)6-8(14)7-13/h8,13-14H,2-7H2,1H3,(H2,11,15). The van der Waals surface area contributed by atoms with Crippen LogP contribution in [0.2, 0.25) is 0 Å². The summed E-state index contributed by atoms with van der Waals surface area (Å²) >= 11 is 6.85. The number of likely N-dealkylation sites (tertiary alicyclic amines) is 1. The van der Waals surface area contributed by atoms with E-state index in [-0.39, 0.29) is 11.4 Å². The van der Waals surface area contributed by atoms with Crippen LogP contribution in [0, 0.1) is 0 Å². The number of aliphatic hydroxyl groups excluding tert-OH is 2. The number of β-amino-alcohol motifs (C(OH)–C–C–N with tert-alkyl or cyclic N) is 1. The van der Waals surface area contributed by atoms with E-state index in [1.807, 2.05) is 6.26 Å². The molecule has 0 radical (unpaired) electrons. The Morgan fingerprint density at radius 2 is 2.12 bits per heavy atom. The molecule has 0 spiro atoms. The highest BCUT2D eigenvalue weighted by Crippen LogP contribution is 2.34. The van der Waals surface area contributed by atoms with Gasteiger partial charge in [-0.1, -0.05) is 12.2 Å². The molecule has 0 saturated carbocycles. The van der Waals surface area contributed by atoms with Gasteiger partial charge in [-0.15, -0.1) is 0 Å². The number of aliphatic hydroxyl groups is 2. The average molecular weight is 264 g/mol. The molecule has 1 rings (SSSR count). The van der Waals surface area contributed by atoms with E-state index in [9.17, 15) is 5.11 Å². The number of thioether (sulfide) groups is 1. The minimum absolute atomic E-state index is 0.0734. The Balaban J connectivity index is 2.46. The minimum atomic E-state index is -0.647. The molecule has 1 saturated heterocycles. The smallest absolute Gasteiger partial charge is 0.0897 e. The zero-order valence-electron chi connectivity index (χ0n) is 9.56. The first kappa shape index (κ1) is 14.2. The van der Waals surface area contributed by atoms with Crippen molar-refractivity contribution in [1.82, 2.24) is 4.90 Å². The normalized spacial score (nSPS) is 22.9. The van der Waals surface area contributed by atoms with Gasteiger partial charge in [0.05, 0.1) is 22.4 Å². The third kappa shape index (κ3) is 3.30. The predicted molar refractivity (Wildman–Crippen MR) is 71.8 cm³/mol. The summed E-state index contributed by atoms with van der Waals surface area (Å²) in [6, 6.07) is 0. The van der Waals surface area contributed by atoms with Crippen molar-refractivity contribution >= 4 is 29.0 Å². The second-order valence-corrected chi connectivity index (χ2v) is 5.83. The minimum Gasteiger partial charge on any atom is -0.394 e. The molecule has 1 aliphatic heterocycles. The Bertz CT molecular complexity index is 243. The van der Waals surface area contributed by atoms with Gasteiger partial charge in [0.1, 0.15) is 0 Å². The Morgan fingerprint density at radius 3 is 2.50 bits per heavy atom. The van der Waals surface area contributed by atoms with Gasteiger partial charge in [-0.2, -0.15) is 11.8 Å². The molecule has 1 aliphatic rings. The number of nitrogens with two attached hydrogens (primary N) is 1. The van der Waals surface area contributed by atoms with Crippen LogP contribution in [0.5, 0.6) is 0 Å². The molecule has 0 aliphatic carbocycles. The van der Waals surface area contributed by atoms with Gasteiger partial charge >= 0.3 is 0 Å². The maximum atomic E-state index is 9.36. The number of nitrogens with zero attached hydrogens (tertiary/aromatic N) is 1. The van der Waals surface area contributed by atoms with Gasteiger partial charge < -0.3 is 20.8 Å². The molecule has 6 heteroatoms. The molecule has 94 valence electrons. The van der Waals surface area contributed by atoms with E-state index in [4.69, 9.17) is 23.1 Å². The van der Waals surface area contributed by atoms with Crippen LogP contribution in [-0.2, 0) is 0 Å². The molecular formula is C10H20N2O2S2. The van der Waals surface area contributed by atoms with Crippen molar-refractivity contribution < 1.29 is 10.2 Å². The Kier molecular flexibility index (Phi) is 5.46. The van der Waals surface area contributed by atoms with E-state index in [1.165, 1.54) is 0 Å². The lowest BCUT2D eigenvalue weighted by Gasteiger charge is -2.40. The molecule has 1 fully saturated rings. The highest BCUT2D eigenvalue weighted by atomic mass is 32.2. The van der Waals surface area contributed by atoms with Gasteiger partial charge in [0.2, 0.25) is 0 Å². The van der Waals surface area contributed by atoms with Crippen LogP contribution < -0.4 is 5.73 Å². The largest absolute Gasteiger partial charge is 0.394 e. The fourth-order valence-corrected chi connectivity index (χ4v) is 3.25. The van der Waals surface area contributed by atoms with Crippen LogP contribution in [0.25, 0.3) is 0 Å². The first-order valence-electron chi connectivity index (χ1n) is 5.40. The van der Waals surface area contributed by atoms with E-state index in [1.54, 1.807) is 11.8 Å². The molecular weight excluding hydrogens is 244 g/mol. The maximum Gasteiger partial charge on any atom is 0.0897 e. The van der Waals surface area contributed by atoms with Crippen LogP contribution in [0.15, 0.2) is 0 Å². The number of hydrogen-bond donors (Lipinski definition) is 3. The third-order valence-electron chi connectivity index (χ3n) is 3.18. The van der Waals surface area contributed by atoms with Crippen LogP contribution in [0.4, 0.5) is 0 Å². The summed E-state index contributed by atoms with van der Waals surface area (Å²) in [4.78, 5) is 2.73. The molecule has 0 aromatic rings. The van der Waals surface area contributed by atoms with Crippen molar-refractivity contribution in [2.45, 2.75) is 23.7 Å². The first-order valence-corrected chi connectivity index (χ1v) is 7.03. The second kappa shape index (κ2) is 6.16. The zero-order valence-corrected chi connectivity index (χ0v) is 11.2. The Hall–Kier alpha value is 0.120. The quantitative estimate of drug-likeness (QED) is 0.599. The van der Waals surface area contributed by atoms with E-state index >= 15 is 0 Å². The Labute approximate surface area is 106 Å². The van der Waals surface area contributed by atoms with Crippen LogP contribution in [0.3, 0.4) is 0 Å². The van der Waals surface area contributed by atoms with Gasteiger partial charge in [0.25, 0.3) is 0 Å². The highest BCUT2D eigenvalue weighted by Gasteiger charge is 2.36. The van der Waals surface area contributed by atoms with E-state index < -0.39 is 6.10 Å². The molecule has 4 N–H and O–H groups in total. The van der Waals surface area contributed by atoms with E-state index in [0.29, 0.717) is 11.5 Å². The van der Waals surface area contributed by atoms with Crippen LogP contribution in [-0.4, -0.2) is 63.4 Å². The zero-order chi connectivity index (χ0) is 12.2. The summed E-state index contributed by atoms with van der Waals surface area (Å²) in [5, 5.41) is 18.1. The van der Waals surface area contributed by atoms with Crippen molar-refractivity contribution in [2.75, 3.05) is 32.5 Å².